The molecular weight excluding hydrogens is 398 g/mol. The van der Waals surface area contributed by atoms with Gasteiger partial charge in [0.2, 0.25) is 0 Å². The van der Waals surface area contributed by atoms with Gasteiger partial charge in [0.25, 0.3) is 5.92 Å². The molecule has 0 saturated carbocycles. The topological polar surface area (TPSA) is 53.4 Å². The zero-order valence-corrected chi connectivity index (χ0v) is 16.5. The maximum absolute atomic E-state index is 13.7. The van der Waals surface area contributed by atoms with Crippen molar-refractivity contribution >= 4 is 34.3 Å². The summed E-state index contributed by atoms with van der Waals surface area (Å²) in [6.07, 6.45) is -0.655. The summed E-state index contributed by atoms with van der Waals surface area (Å²) in [5.74, 6) is -3.66. The summed E-state index contributed by atoms with van der Waals surface area (Å²) in [6, 6.07) is 12.6. The molecule has 2 aromatic carbocycles. The molecule has 7 heteroatoms. The smallest absolute Gasteiger partial charge is 0.340 e. The van der Waals surface area contributed by atoms with Crippen molar-refractivity contribution in [1.82, 2.24) is 4.98 Å². The van der Waals surface area contributed by atoms with Gasteiger partial charge in [-0.25, -0.2) is 18.6 Å². The fourth-order valence-electron chi connectivity index (χ4n) is 3.86. The molecular formula is C22H19ClF2N2O2. The first-order valence-electron chi connectivity index (χ1n) is 9.32. The lowest BCUT2D eigenvalue weighted by Crippen LogP contribution is -2.40. The zero-order valence-electron chi connectivity index (χ0n) is 15.8. The number of fused-ring (bicyclic) bond motifs is 1. The maximum atomic E-state index is 13.7. The number of halogens is 3. The Hall–Kier alpha value is -2.73. The second-order valence-corrected chi connectivity index (χ2v) is 7.75. The van der Waals surface area contributed by atoms with Gasteiger partial charge >= 0.3 is 5.97 Å². The van der Waals surface area contributed by atoms with Crippen molar-refractivity contribution in [2.24, 2.45) is 0 Å². The minimum Gasteiger partial charge on any atom is -0.478 e. The molecule has 29 heavy (non-hydrogen) atoms. The third-order valence-corrected chi connectivity index (χ3v) is 5.51. The molecule has 1 N–H and O–H groups in total. The fourth-order valence-corrected chi connectivity index (χ4v) is 4.14. The van der Waals surface area contributed by atoms with Crippen LogP contribution >= 0.6 is 11.6 Å². The largest absolute Gasteiger partial charge is 0.478 e. The number of rotatable bonds is 3. The number of benzene rings is 2. The molecule has 1 saturated heterocycles. The summed E-state index contributed by atoms with van der Waals surface area (Å²) in [6.45, 7) is 1.95. The fraction of sp³-hybridized carbons (Fsp3) is 0.273. The molecule has 0 amide bonds. The molecule has 0 bridgehead atoms. The molecule has 2 heterocycles. The van der Waals surface area contributed by atoms with E-state index >= 15 is 0 Å². The lowest BCUT2D eigenvalue weighted by Gasteiger charge is -2.34. The van der Waals surface area contributed by atoms with Crippen molar-refractivity contribution in [3.8, 4) is 11.1 Å². The van der Waals surface area contributed by atoms with E-state index in [1.165, 1.54) is 0 Å². The van der Waals surface area contributed by atoms with Gasteiger partial charge in [0.15, 0.2) is 0 Å². The number of carbonyl (C=O) groups is 1. The van der Waals surface area contributed by atoms with Gasteiger partial charge in [0.05, 0.1) is 5.52 Å². The number of nitrogens with zero attached hydrogens (tertiary/aromatic N) is 2. The van der Waals surface area contributed by atoms with E-state index < -0.39 is 11.9 Å². The highest BCUT2D eigenvalue weighted by molar-refractivity contribution is 6.31. The van der Waals surface area contributed by atoms with Gasteiger partial charge < -0.3 is 10.0 Å². The number of anilines is 1. The molecule has 0 aliphatic carbocycles. The third-order valence-electron chi connectivity index (χ3n) is 5.30. The van der Waals surface area contributed by atoms with Crippen molar-refractivity contribution in [1.29, 1.82) is 0 Å². The summed E-state index contributed by atoms with van der Waals surface area (Å²) < 4.78 is 27.4. The van der Waals surface area contributed by atoms with Crippen LogP contribution in [0.15, 0.2) is 42.5 Å². The Morgan fingerprint density at radius 1 is 1.17 bits per heavy atom. The number of aromatic nitrogens is 1. The van der Waals surface area contributed by atoms with E-state index in [4.69, 9.17) is 11.6 Å². The van der Waals surface area contributed by atoms with Crippen molar-refractivity contribution in [3.63, 3.8) is 0 Å². The van der Waals surface area contributed by atoms with E-state index in [1.807, 2.05) is 37.3 Å². The Morgan fingerprint density at radius 3 is 2.45 bits per heavy atom. The minimum atomic E-state index is -2.73. The number of hydrogen-bond acceptors (Lipinski definition) is 3. The van der Waals surface area contributed by atoms with Crippen molar-refractivity contribution < 1.29 is 18.7 Å². The van der Waals surface area contributed by atoms with E-state index in [1.54, 1.807) is 17.0 Å². The molecule has 4 nitrogen and oxygen atoms in total. The summed E-state index contributed by atoms with van der Waals surface area (Å²) in [5.41, 5.74) is 2.63. The lowest BCUT2D eigenvalue weighted by molar-refractivity contribution is -0.0221. The SMILES string of the molecule is Cc1cc(Cl)cc2c(-c3ccccc3)c(C(=O)O)c(N3CCC(F)(F)CC3)nc12. The number of hydrogen-bond donors (Lipinski definition) is 1. The van der Waals surface area contributed by atoms with Gasteiger partial charge in [0, 0.05) is 41.9 Å². The van der Waals surface area contributed by atoms with Crippen molar-refractivity contribution in [3.05, 3.63) is 58.6 Å². The predicted octanol–water partition coefficient (Wildman–Crippen LogP) is 5.80. The highest BCUT2D eigenvalue weighted by Crippen LogP contribution is 2.40. The van der Waals surface area contributed by atoms with Crippen molar-refractivity contribution in [2.75, 3.05) is 18.0 Å². The van der Waals surface area contributed by atoms with Gasteiger partial charge in [-0.1, -0.05) is 41.9 Å². The van der Waals surface area contributed by atoms with Crippen LogP contribution in [-0.4, -0.2) is 35.1 Å². The molecule has 0 spiro atoms. The van der Waals surface area contributed by atoms with E-state index in [-0.39, 0.29) is 37.3 Å². The zero-order chi connectivity index (χ0) is 20.8. The quantitative estimate of drug-likeness (QED) is 0.586. The van der Waals surface area contributed by atoms with Crippen LogP contribution in [-0.2, 0) is 0 Å². The third kappa shape index (κ3) is 3.65. The van der Waals surface area contributed by atoms with Crippen LogP contribution in [0.2, 0.25) is 5.02 Å². The van der Waals surface area contributed by atoms with Gasteiger partial charge in [-0.15, -0.1) is 0 Å². The maximum Gasteiger partial charge on any atom is 0.340 e. The highest BCUT2D eigenvalue weighted by Gasteiger charge is 2.36. The van der Waals surface area contributed by atoms with E-state index in [2.05, 4.69) is 4.98 Å². The van der Waals surface area contributed by atoms with Crippen LogP contribution < -0.4 is 4.90 Å². The number of aryl methyl sites for hydroxylation is 1. The van der Waals surface area contributed by atoms with Gasteiger partial charge in [-0.3, -0.25) is 0 Å². The molecule has 3 aromatic rings. The van der Waals surface area contributed by atoms with Gasteiger partial charge in [-0.2, -0.15) is 0 Å². The summed E-state index contributed by atoms with van der Waals surface area (Å²) in [7, 11) is 0. The molecule has 1 fully saturated rings. The molecule has 0 radical (unpaired) electrons. The summed E-state index contributed by atoms with van der Waals surface area (Å²) >= 11 is 6.27. The normalized spacial score (nSPS) is 16.2. The molecule has 0 unspecified atom stereocenters. The van der Waals surface area contributed by atoms with E-state index in [0.717, 1.165) is 5.56 Å². The van der Waals surface area contributed by atoms with Crippen LogP contribution in [0.5, 0.6) is 0 Å². The van der Waals surface area contributed by atoms with Gasteiger partial charge in [0.1, 0.15) is 11.4 Å². The lowest BCUT2D eigenvalue weighted by atomic mass is 9.93. The Kier molecular flexibility index (Phi) is 4.90. The monoisotopic (exact) mass is 416 g/mol. The van der Waals surface area contributed by atoms with Gasteiger partial charge in [-0.05, 0) is 30.2 Å². The molecule has 150 valence electrons. The van der Waals surface area contributed by atoms with Crippen LogP contribution in [0.4, 0.5) is 14.6 Å². The molecule has 1 aliphatic heterocycles. The number of carboxylic acids is 1. The first-order chi connectivity index (χ1) is 13.8. The number of aromatic carboxylic acids is 1. The Labute approximate surface area is 171 Å². The first-order valence-corrected chi connectivity index (χ1v) is 9.70. The molecule has 1 aromatic heterocycles. The summed E-state index contributed by atoms with van der Waals surface area (Å²) in [4.78, 5) is 18.6. The second-order valence-electron chi connectivity index (χ2n) is 7.32. The average Bonchev–Trinajstić information content (AvgIpc) is 2.67. The summed E-state index contributed by atoms with van der Waals surface area (Å²) in [5, 5.41) is 11.2. The number of piperidine rings is 1. The van der Waals surface area contributed by atoms with Crippen LogP contribution in [0.1, 0.15) is 28.8 Å². The van der Waals surface area contributed by atoms with Crippen LogP contribution in [0.3, 0.4) is 0 Å². The van der Waals surface area contributed by atoms with E-state index in [9.17, 15) is 18.7 Å². The molecule has 4 rings (SSSR count). The minimum absolute atomic E-state index is 0.00980. The number of carboxylic acid groups (broad SMARTS) is 1. The molecule has 0 atom stereocenters. The van der Waals surface area contributed by atoms with Crippen LogP contribution in [0, 0.1) is 6.92 Å². The number of alkyl halides is 2. The second kappa shape index (κ2) is 7.26. The average molecular weight is 417 g/mol. The Bertz CT molecular complexity index is 1090. The Balaban J connectivity index is 2.04. The standard InChI is InChI=1S/C22H19ClF2N2O2/c1-13-11-15(23)12-16-17(14-5-3-2-4-6-14)18(21(28)29)20(26-19(13)16)27-9-7-22(24,25)8-10-27/h2-6,11-12H,7-10H2,1H3,(H,28,29). The van der Waals surface area contributed by atoms with Crippen molar-refractivity contribution in [2.45, 2.75) is 25.7 Å². The highest BCUT2D eigenvalue weighted by atomic mass is 35.5. The van der Waals surface area contributed by atoms with E-state index in [0.29, 0.717) is 27.1 Å². The predicted molar refractivity (Wildman–Crippen MR) is 110 cm³/mol. The van der Waals surface area contributed by atoms with Crippen LogP contribution in [0.25, 0.3) is 22.0 Å². The molecule has 1 aliphatic rings. The number of pyridine rings is 1. The first kappa shape index (κ1) is 19.6. The Morgan fingerprint density at radius 2 is 1.83 bits per heavy atom.